The lowest BCUT2D eigenvalue weighted by Crippen LogP contribution is -1.93. The predicted octanol–water partition coefficient (Wildman–Crippen LogP) is 4.83. The first-order valence-electron chi connectivity index (χ1n) is 7.77. The molecule has 1 aromatic carbocycles. The van der Waals surface area contributed by atoms with Gasteiger partial charge in [0.15, 0.2) is 0 Å². The fourth-order valence-corrected chi connectivity index (χ4v) is 3.44. The quantitative estimate of drug-likeness (QED) is 0.703. The topological polar surface area (TPSA) is 51.8 Å². The normalized spacial score (nSPS) is 14.2. The van der Waals surface area contributed by atoms with E-state index in [0.717, 1.165) is 40.0 Å². The Bertz CT molecular complexity index is 902. The van der Waals surface area contributed by atoms with E-state index in [1.807, 2.05) is 24.4 Å². The van der Waals surface area contributed by atoms with Crippen LogP contribution in [0.1, 0.15) is 24.8 Å². The van der Waals surface area contributed by atoms with Crippen molar-refractivity contribution in [3.8, 4) is 11.3 Å². The highest BCUT2D eigenvalue weighted by Crippen LogP contribution is 2.32. The van der Waals surface area contributed by atoms with Crippen molar-refractivity contribution in [2.75, 3.05) is 0 Å². The minimum absolute atomic E-state index is 0.948. The summed E-state index contributed by atoms with van der Waals surface area (Å²) in [7, 11) is 0. The molecule has 0 bridgehead atoms. The van der Waals surface area contributed by atoms with Gasteiger partial charge in [0.2, 0.25) is 0 Å². The van der Waals surface area contributed by atoms with Crippen LogP contribution in [0, 0.1) is 0 Å². The highest BCUT2D eigenvalue weighted by atomic mass is 32.2. The molecule has 0 amide bonds. The molecule has 0 saturated heterocycles. The number of pyridine rings is 2. The Labute approximate surface area is 139 Å². The smallest absolute Gasteiger partial charge is 0.0969 e. The largest absolute Gasteiger partial charge is 0.274 e. The molecule has 3 aromatic rings. The third kappa shape index (κ3) is 2.76. The molecule has 4 rings (SSSR count). The average molecular weight is 319 g/mol. The summed E-state index contributed by atoms with van der Waals surface area (Å²) >= 11 is 1.26. The molecule has 114 valence electrons. The third-order valence-electron chi connectivity index (χ3n) is 4.24. The number of fused-ring (bicyclic) bond motifs is 1. The lowest BCUT2D eigenvalue weighted by molar-refractivity contribution is 0.935. The van der Waals surface area contributed by atoms with Crippen molar-refractivity contribution in [1.29, 1.82) is 0 Å². The predicted molar refractivity (Wildman–Crippen MR) is 96.8 cm³/mol. The molecule has 2 heterocycles. The van der Waals surface area contributed by atoms with Crippen LogP contribution in [0.3, 0.4) is 0 Å². The first kappa shape index (κ1) is 14.4. The lowest BCUT2D eigenvalue weighted by atomic mass is 10.0. The number of aromatic nitrogens is 2. The van der Waals surface area contributed by atoms with Gasteiger partial charge in [-0.15, -0.1) is 0 Å². The van der Waals surface area contributed by atoms with E-state index in [2.05, 4.69) is 35.3 Å². The van der Waals surface area contributed by atoms with Gasteiger partial charge in [0.25, 0.3) is 0 Å². The maximum atomic E-state index is 5.67. The van der Waals surface area contributed by atoms with Gasteiger partial charge >= 0.3 is 0 Å². The Morgan fingerprint density at radius 1 is 1.09 bits per heavy atom. The highest BCUT2D eigenvalue weighted by Gasteiger charge is 2.13. The summed E-state index contributed by atoms with van der Waals surface area (Å²) in [6.07, 6.45) is 7.73. The summed E-state index contributed by atoms with van der Waals surface area (Å²) in [5.74, 6) is 0. The number of nitrogens with two attached hydrogens (primary N) is 1. The molecule has 0 saturated carbocycles. The minimum Gasteiger partial charge on any atom is -0.274 e. The van der Waals surface area contributed by atoms with Crippen LogP contribution in [-0.2, 0) is 0 Å². The SMILES string of the molecule is NSc1cccc(-c2ccc3nccc(C4=CCCC4)c3n2)c1. The van der Waals surface area contributed by atoms with Crippen LogP contribution in [0.25, 0.3) is 27.9 Å². The van der Waals surface area contributed by atoms with E-state index in [1.165, 1.54) is 29.5 Å². The Morgan fingerprint density at radius 3 is 2.87 bits per heavy atom. The van der Waals surface area contributed by atoms with Gasteiger partial charge in [-0.2, -0.15) is 0 Å². The second kappa shape index (κ2) is 6.14. The van der Waals surface area contributed by atoms with Gasteiger partial charge in [0.1, 0.15) is 0 Å². The van der Waals surface area contributed by atoms with Crippen LogP contribution in [0.15, 0.2) is 59.6 Å². The summed E-state index contributed by atoms with van der Waals surface area (Å²) in [5, 5.41) is 5.67. The van der Waals surface area contributed by atoms with Gasteiger partial charge in [-0.1, -0.05) is 18.2 Å². The molecule has 0 fully saturated rings. The third-order valence-corrected chi connectivity index (χ3v) is 4.76. The zero-order chi connectivity index (χ0) is 15.6. The summed E-state index contributed by atoms with van der Waals surface area (Å²) in [5.41, 5.74) is 6.60. The Kier molecular flexibility index (Phi) is 3.85. The number of benzene rings is 1. The monoisotopic (exact) mass is 319 g/mol. The average Bonchev–Trinajstić information content (AvgIpc) is 3.15. The summed E-state index contributed by atoms with van der Waals surface area (Å²) < 4.78 is 0. The van der Waals surface area contributed by atoms with Crippen molar-refractivity contribution >= 4 is 28.6 Å². The molecule has 1 aliphatic carbocycles. The zero-order valence-corrected chi connectivity index (χ0v) is 13.5. The van der Waals surface area contributed by atoms with Crippen LogP contribution < -0.4 is 5.14 Å². The standard InChI is InChI=1S/C19H17N3S/c20-23-15-7-3-6-14(12-15)17-8-9-18-19(22-17)16(10-11-21-18)13-4-1-2-5-13/h3-4,6-12H,1-2,5,20H2. The van der Waals surface area contributed by atoms with Crippen molar-refractivity contribution in [3.63, 3.8) is 0 Å². The van der Waals surface area contributed by atoms with Crippen molar-refractivity contribution in [2.24, 2.45) is 5.14 Å². The molecule has 0 spiro atoms. The minimum atomic E-state index is 0.948. The second-order valence-electron chi connectivity index (χ2n) is 5.69. The molecule has 3 nitrogen and oxygen atoms in total. The van der Waals surface area contributed by atoms with Crippen LogP contribution in [0.2, 0.25) is 0 Å². The molecule has 0 atom stereocenters. The van der Waals surface area contributed by atoms with E-state index >= 15 is 0 Å². The van der Waals surface area contributed by atoms with Crippen LogP contribution in [0.4, 0.5) is 0 Å². The number of rotatable bonds is 3. The van der Waals surface area contributed by atoms with Gasteiger partial charge in [0, 0.05) is 22.2 Å². The molecular formula is C19H17N3S. The van der Waals surface area contributed by atoms with Crippen molar-refractivity contribution in [3.05, 3.63) is 60.3 Å². The van der Waals surface area contributed by atoms with Crippen LogP contribution >= 0.6 is 11.9 Å². The van der Waals surface area contributed by atoms with Crippen molar-refractivity contribution in [1.82, 2.24) is 9.97 Å². The molecule has 1 aliphatic rings. The van der Waals surface area contributed by atoms with E-state index < -0.39 is 0 Å². The molecule has 0 aliphatic heterocycles. The Balaban J connectivity index is 1.87. The highest BCUT2D eigenvalue weighted by molar-refractivity contribution is 7.97. The number of allylic oxidation sites excluding steroid dienone is 2. The van der Waals surface area contributed by atoms with Crippen LogP contribution in [-0.4, -0.2) is 9.97 Å². The van der Waals surface area contributed by atoms with Gasteiger partial charge < -0.3 is 0 Å². The van der Waals surface area contributed by atoms with Crippen LogP contribution in [0.5, 0.6) is 0 Å². The fourth-order valence-electron chi connectivity index (χ4n) is 3.09. The van der Waals surface area contributed by atoms with E-state index in [9.17, 15) is 0 Å². The van der Waals surface area contributed by atoms with E-state index in [0.29, 0.717) is 0 Å². The van der Waals surface area contributed by atoms with Gasteiger partial charge in [-0.25, -0.2) is 4.98 Å². The van der Waals surface area contributed by atoms with E-state index in [4.69, 9.17) is 10.1 Å². The maximum absolute atomic E-state index is 5.67. The number of hydrogen-bond donors (Lipinski definition) is 1. The van der Waals surface area contributed by atoms with Crippen molar-refractivity contribution < 1.29 is 0 Å². The van der Waals surface area contributed by atoms with Gasteiger partial charge in [-0.3, -0.25) is 10.1 Å². The van der Waals surface area contributed by atoms with Gasteiger partial charge in [-0.05, 0) is 67.1 Å². The zero-order valence-electron chi connectivity index (χ0n) is 12.7. The van der Waals surface area contributed by atoms with E-state index in [1.54, 1.807) is 0 Å². The summed E-state index contributed by atoms with van der Waals surface area (Å²) in [6, 6.07) is 14.3. The molecule has 2 N–H and O–H groups in total. The molecule has 4 heteroatoms. The Morgan fingerprint density at radius 2 is 2.04 bits per heavy atom. The second-order valence-corrected chi connectivity index (χ2v) is 6.40. The lowest BCUT2D eigenvalue weighted by Gasteiger charge is -2.09. The number of nitrogens with zero attached hydrogens (tertiary/aromatic N) is 2. The summed E-state index contributed by atoms with van der Waals surface area (Å²) in [4.78, 5) is 10.4. The maximum Gasteiger partial charge on any atom is 0.0969 e. The first-order chi connectivity index (χ1) is 11.3. The van der Waals surface area contributed by atoms with Crippen molar-refractivity contribution in [2.45, 2.75) is 24.2 Å². The number of hydrogen-bond acceptors (Lipinski definition) is 4. The first-order valence-corrected chi connectivity index (χ1v) is 8.65. The Hall–Kier alpha value is -2.17. The van der Waals surface area contributed by atoms with Gasteiger partial charge in [0.05, 0.1) is 16.7 Å². The fraction of sp³-hybridized carbons (Fsp3) is 0.158. The molecule has 0 radical (unpaired) electrons. The molecule has 0 unspecified atom stereocenters. The summed E-state index contributed by atoms with van der Waals surface area (Å²) in [6.45, 7) is 0. The molecule has 23 heavy (non-hydrogen) atoms. The van der Waals surface area contributed by atoms with E-state index in [-0.39, 0.29) is 0 Å². The molecular weight excluding hydrogens is 302 g/mol. The molecule has 2 aromatic heterocycles.